The predicted octanol–water partition coefficient (Wildman–Crippen LogP) is 1.20. The molecule has 4 nitrogen and oxygen atoms in total. The van der Waals surface area contributed by atoms with Gasteiger partial charge >= 0.3 is 0 Å². The highest BCUT2D eigenvalue weighted by atomic mass is 16.5. The predicted molar refractivity (Wildman–Crippen MR) is 70.3 cm³/mol. The Bertz CT molecular complexity index is 463. The minimum atomic E-state index is 0.681. The lowest BCUT2D eigenvalue weighted by molar-refractivity contribution is -0.896. The Morgan fingerprint density at radius 3 is 2.50 bits per heavy atom. The highest BCUT2D eigenvalue weighted by Gasteiger charge is 2.10. The minimum absolute atomic E-state index is 0.681. The average Bonchev–Trinajstić information content (AvgIpc) is 2.90. The van der Waals surface area contributed by atoms with Crippen LogP contribution in [0.5, 0.6) is 0 Å². The van der Waals surface area contributed by atoms with Crippen LogP contribution in [-0.4, -0.2) is 29.8 Å². The van der Waals surface area contributed by atoms with Crippen molar-refractivity contribution in [1.82, 2.24) is 10.1 Å². The third kappa shape index (κ3) is 3.17. The van der Waals surface area contributed by atoms with Crippen molar-refractivity contribution in [3.63, 3.8) is 0 Å². The van der Waals surface area contributed by atoms with E-state index in [1.54, 1.807) is 4.90 Å². The van der Waals surface area contributed by atoms with Gasteiger partial charge in [0, 0.05) is 5.56 Å². The standard InChI is InChI=1S/C14H19N3O/c1-3-17(4-2)11-10-13-15-14(16-18-13)12-8-6-5-7-9-12/h5-9H,3-4,10-11H2,1-2H3/p+1. The van der Waals surface area contributed by atoms with E-state index in [0.29, 0.717) is 5.82 Å². The molecule has 0 unspecified atom stereocenters. The number of nitrogens with zero attached hydrogens (tertiary/aromatic N) is 2. The lowest BCUT2D eigenvalue weighted by Gasteiger charge is -2.13. The Hall–Kier alpha value is -1.68. The Morgan fingerprint density at radius 2 is 1.83 bits per heavy atom. The van der Waals surface area contributed by atoms with Gasteiger partial charge in [-0.25, -0.2) is 0 Å². The van der Waals surface area contributed by atoms with Gasteiger partial charge in [-0.3, -0.25) is 0 Å². The lowest BCUT2D eigenvalue weighted by atomic mass is 10.2. The van der Waals surface area contributed by atoms with E-state index in [-0.39, 0.29) is 0 Å². The summed E-state index contributed by atoms with van der Waals surface area (Å²) in [6, 6.07) is 9.92. The van der Waals surface area contributed by atoms with Gasteiger partial charge in [0.05, 0.1) is 26.1 Å². The molecule has 4 heteroatoms. The zero-order valence-corrected chi connectivity index (χ0v) is 11.0. The summed E-state index contributed by atoms with van der Waals surface area (Å²) in [6.07, 6.45) is 0.844. The maximum atomic E-state index is 5.28. The van der Waals surface area contributed by atoms with Gasteiger partial charge in [0.15, 0.2) is 0 Å². The molecule has 0 bridgehead atoms. The van der Waals surface area contributed by atoms with Crippen molar-refractivity contribution in [2.75, 3.05) is 19.6 Å². The zero-order valence-electron chi connectivity index (χ0n) is 11.0. The van der Waals surface area contributed by atoms with Crippen molar-refractivity contribution in [2.24, 2.45) is 0 Å². The summed E-state index contributed by atoms with van der Waals surface area (Å²) in [7, 11) is 0. The lowest BCUT2D eigenvalue weighted by Crippen LogP contribution is -3.11. The number of aromatic nitrogens is 2. The van der Waals surface area contributed by atoms with Crippen LogP contribution in [0.3, 0.4) is 0 Å². The van der Waals surface area contributed by atoms with Gasteiger partial charge in [0.1, 0.15) is 0 Å². The fourth-order valence-electron chi connectivity index (χ4n) is 1.95. The summed E-state index contributed by atoms with van der Waals surface area (Å²) in [5, 5.41) is 4.02. The van der Waals surface area contributed by atoms with Gasteiger partial charge in [-0.15, -0.1) is 0 Å². The molecular weight excluding hydrogens is 226 g/mol. The molecule has 18 heavy (non-hydrogen) atoms. The molecule has 2 rings (SSSR count). The van der Waals surface area contributed by atoms with Crippen molar-refractivity contribution in [3.05, 3.63) is 36.2 Å². The van der Waals surface area contributed by atoms with E-state index in [4.69, 9.17) is 4.52 Å². The van der Waals surface area contributed by atoms with E-state index >= 15 is 0 Å². The molecule has 1 aromatic heterocycles. The Kier molecular flexibility index (Phi) is 4.47. The highest BCUT2D eigenvalue weighted by Crippen LogP contribution is 2.14. The third-order valence-corrected chi connectivity index (χ3v) is 3.19. The molecule has 1 heterocycles. The van der Waals surface area contributed by atoms with Crippen molar-refractivity contribution >= 4 is 0 Å². The van der Waals surface area contributed by atoms with Crippen LogP contribution in [0.4, 0.5) is 0 Å². The fraction of sp³-hybridized carbons (Fsp3) is 0.429. The van der Waals surface area contributed by atoms with Crippen LogP contribution in [0.2, 0.25) is 0 Å². The molecule has 0 amide bonds. The van der Waals surface area contributed by atoms with E-state index in [9.17, 15) is 0 Å². The maximum absolute atomic E-state index is 5.28. The molecule has 0 saturated heterocycles. The number of hydrogen-bond donors (Lipinski definition) is 1. The SMILES string of the molecule is CC[NH+](CC)CCc1nc(-c2ccccc2)no1. The number of likely N-dealkylation sites (N-methyl/N-ethyl adjacent to an activating group) is 1. The summed E-state index contributed by atoms with van der Waals surface area (Å²) >= 11 is 0. The molecule has 0 spiro atoms. The topological polar surface area (TPSA) is 43.4 Å². The molecule has 0 fully saturated rings. The second-order valence-electron chi connectivity index (χ2n) is 4.33. The molecule has 2 aromatic rings. The van der Waals surface area contributed by atoms with Crippen molar-refractivity contribution in [2.45, 2.75) is 20.3 Å². The van der Waals surface area contributed by atoms with Crippen LogP contribution in [0.25, 0.3) is 11.4 Å². The number of rotatable bonds is 6. The summed E-state index contributed by atoms with van der Waals surface area (Å²) in [5.41, 5.74) is 1.00. The summed E-state index contributed by atoms with van der Waals surface area (Å²) < 4.78 is 5.28. The second-order valence-corrected chi connectivity index (χ2v) is 4.33. The van der Waals surface area contributed by atoms with Gasteiger partial charge in [-0.2, -0.15) is 4.98 Å². The van der Waals surface area contributed by atoms with E-state index in [1.165, 1.54) is 0 Å². The Labute approximate surface area is 108 Å². The zero-order chi connectivity index (χ0) is 12.8. The van der Waals surface area contributed by atoms with Crippen LogP contribution in [0.1, 0.15) is 19.7 Å². The summed E-state index contributed by atoms with van der Waals surface area (Å²) in [5.74, 6) is 1.41. The highest BCUT2D eigenvalue weighted by molar-refractivity contribution is 5.53. The van der Waals surface area contributed by atoms with Crippen molar-refractivity contribution in [3.8, 4) is 11.4 Å². The summed E-state index contributed by atoms with van der Waals surface area (Å²) in [4.78, 5) is 5.98. The number of nitrogens with one attached hydrogen (secondary N) is 1. The third-order valence-electron chi connectivity index (χ3n) is 3.19. The molecule has 0 aliphatic heterocycles. The number of hydrogen-bond acceptors (Lipinski definition) is 3. The van der Waals surface area contributed by atoms with E-state index in [0.717, 1.165) is 37.5 Å². The van der Waals surface area contributed by atoms with Crippen LogP contribution in [0, 0.1) is 0 Å². The first-order chi connectivity index (χ1) is 8.83. The Morgan fingerprint density at radius 1 is 1.11 bits per heavy atom. The largest absolute Gasteiger partial charge is 0.339 e. The molecule has 0 atom stereocenters. The normalized spacial score (nSPS) is 11.1. The monoisotopic (exact) mass is 246 g/mol. The molecule has 0 saturated carbocycles. The molecule has 1 aromatic carbocycles. The molecule has 0 radical (unpaired) electrons. The van der Waals surface area contributed by atoms with E-state index in [2.05, 4.69) is 24.0 Å². The van der Waals surface area contributed by atoms with Crippen LogP contribution in [0.15, 0.2) is 34.9 Å². The van der Waals surface area contributed by atoms with Crippen LogP contribution in [-0.2, 0) is 6.42 Å². The van der Waals surface area contributed by atoms with Crippen molar-refractivity contribution < 1.29 is 9.42 Å². The molecule has 1 N–H and O–H groups in total. The molecule has 0 aliphatic carbocycles. The van der Waals surface area contributed by atoms with Gasteiger partial charge in [0.2, 0.25) is 11.7 Å². The number of benzene rings is 1. The maximum Gasteiger partial charge on any atom is 0.232 e. The van der Waals surface area contributed by atoms with Gasteiger partial charge < -0.3 is 9.42 Å². The van der Waals surface area contributed by atoms with Gasteiger partial charge in [0.25, 0.3) is 0 Å². The van der Waals surface area contributed by atoms with Crippen LogP contribution < -0.4 is 4.90 Å². The Balaban J connectivity index is 1.98. The quantitative estimate of drug-likeness (QED) is 0.833. The fourth-order valence-corrected chi connectivity index (χ4v) is 1.95. The van der Waals surface area contributed by atoms with Gasteiger partial charge in [-0.05, 0) is 13.8 Å². The molecule has 0 aliphatic rings. The minimum Gasteiger partial charge on any atom is -0.339 e. The first-order valence-electron chi connectivity index (χ1n) is 6.55. The van der Waals surface area contributed by atoms with Crippen LogP contribution >= 0.6 is 0 Å². The average molecular weight is 246 g/mol. The molecular formula is C14H20N3O+. The van der Waals surface area contributed by atoms with Crippen molar-refractivity contribution in [1.29, 1.82) is 0 Å². The first-order valence-corrected chi connectivity index (χ1v) is 6.55. The van der Waals surface area contributed by atoms with Gasteiger partial charge in [-0.1, -0.05) is 35.5 Å². The second kappa shape index (κ2) is 6.31. The smallest absolute Gasteiger partial charge is 0.232 e. The first kappa shape index (κ1) is 12.8. The molecule has 96 valence electrons. The van der Waals surface area contributed by atoms with E-state index < -0.39 is 0 Å². The number of quaternary nitrogens is 1. The van der Waals surface area contributed by atoms with E-state index in [1.807, 2.05) is 30.3 Å². The summed E-state index contributed by atoms with van der Waals surface area (Å²) in [6.45, 7) is 7.71.